The molecular formula is C20H38O3Si. The molecule has 2 rings (SSSR count). The molecule has 0 amide bonds. The van der Waals surface area contributed by atoms with Crippen molar-refractivity contribution in [1.82, 2.24) is 0 Å². The van der Waals surface area contributed by atoms with Gasteiger partial charge < -0.3 is 9.53 Å². The SMILES string of the molecule is CCC[C@H](CCC(=O)O)[C@H]1CCC2C(O[Si](C)(C)C)CCC[C@@]21C. The molecule has 0 aromatic heterocycles. The van der Waals surface area contributed by atoms with Gasteiger partial charge in [-0.25, -0.2) is 0 Å². The Morgan fingerprint density at radius 3 is 2.54 bits per heavy atom. The summed E-state index contributed by atoms with van der Waals surface area (Å²) >= 11 is 0. The van der Waals surface area contributed by atoms with Crippen LogP contribution in [0.3, 0.4) is 0 Å². The van der Waals surface area contributed by atoms with E-state index in [9.17, 15) is 4.79 Å². The van der Waals surface area contributed by atoms with Crippen molar-refractivity contribution >= 4 is 14.3 Å². The highest BCUT2D eigenvalue weighted by atomic mass is 28.4. The number of carbonyl (C=O) groups is 1. The van der Waals surface area contributed by atoms with E-state index in [1.807, 2.05) is 0 Å². The van der Waals surface area contributed by atoms with Gasteiger partial charge in [-0.1, -0.05) is 33.1 Å². The van der Waals surface area contributed by atoms with Crippen molar-refractivity contribution in [3.8, 4) is 0 Å². The van der Waals surface area contributed by atoms with Crippen LogP contribution in [0.25, 0.3) is 0 Å². The van der Waals surface area contributed by atoms with E-state index in [0.29, 0.717) is 35.7 Å². The molecule has 5 atom stereocenters. The molecule has 1 N–H and O–H groups in total. The van der Waals surface area contributed by atoms with Crippen LogP contribution in [-0.4, -0.2) is 25.5 Å². The molecule has 0 spiro atoms. The first kappa shape index (κ1) is 20.0. The molecular weight excluding hydrogens is 316 g/mol. The van der Waals surface area contributed by atoms with Crippen LogP contribution in [0.1, 0.15) is 71.6 Å². The maximum absolute atomic E-state index is 11.1. The predicted octanol–water partition coefficient (Wildman–Crippen LogP) is 5.70. The first-order chi connectivity index (χ1) is 11.2. The molecule has 0 aromatic rings. The highest BCUT2D eigenvalue weighted by molar-refractivity contribution is 6.69. The van der Waals surface area contributed by atoms with Gasteiger partial charge in [-0.15, -0.1) is 0 Å². The Labute approximate surface area is 149 Å². The quantitative estimate of drug-likeness (QED) is 0.568. The standard InChI is InChI=1S/C20H38O3Si/c1-6-8-15(10-13-19(21)22)16-11-12-17-18(23-24(3,4)5)9-7-14-20(16,17)2/h15-18H,6-14H2,1-5H3,(H,21,22)/t15-,16-,17?,18?,20-/m1/s1. The summed E-state index contributed by atoms with van der Waals surface area (Å²) in [6.45, 7) is 11.6. The third kappa shape index (κ3) is 4.63. The maximum Gasteiger partial charge on any atom is 0.303 e. The van der Waals surface area contributed by atoms with Crippen molar-refractivity contribution in [2.75, 3.05) is 0 Å². The predicted molar refractivity (Wildman–Crippen MR) is 102 cm³/mol. The monoisotopic (exact) mass is 354 g/mol. The van der Waals surface area contributed by atoms with Crippen molar-refractivity contribution in [3.05, 3.63) is 0 Å². The number of hydrogen-bond donors (Lipinski definition) is 1. The second-order valence-corrected chi connectivity index (χ2v) is 13.9. The van der Waals surface area contributed by atoms with Crippen LogP contribution in [0.4, 0.5) is 0 Å². The molecule has 3 nitrogen and oxygen atoms in total. The molecule has 24 heavy (non-hydrogen) atoms. The molecule has 0 heterocycles. The maximum atomic E-state index is 11.1. The molecule has 0 aliphatic heterocycles. The number of aliphatic carboxylic acids is 1. The summed E-state index contributed by atoms with van der Waals surface area (Å²) in [5, 5.41) is 9.12. The molecule has 140 valence electrons. The highest BCUT2D eigenvalue weighted by Gasteiger charge is 2.53. The van der Waals surface area contributed by atoms with E-state index in [2.05, 4.69) is 33.5 Å². The molecule has 2 fully saturated rings. The summed E-state index contributed by atoms with van der Waals surface area (Å²) in [7, 11) is -1.51. The van der Waals surface area contributed by atoms with Gasteiger partial charge in [0.05, 0.1) is 0 Å². The molecule has 0 bridgehead atoms. The first-order valence-electron chi connectivity index (χ1n) is 10.1. The van der Waals surface area contributed by atoms with Crippen LogP contribution < -0.4 is 0 Å². The Hall–Kier alpha value is -0.353. The molecule has 0 aromatic carbocycles. The number of carboxylic acid groups (broad SMARTS) is 1. The van der Waals surface area contributed by atoms with Gasteiger partial charge >= 0.3 is 5.97 Å². The Bertz CT molecular complexity index is 431. The van der Waals surface area contributed by atoms with Crippen molar-refractivity contribution in [2.24, 2.45) is 23.2 Å². The van der Waals surface area contributed by atoms with E-state index in [-0.39, 0.29) is 0 Å². The zero-order valence-electron chi connectivity index (χ0n) is 16.4. The second kappa shape index (κ2) is 7.90. The van der Waals surface area contributed by atoms with Crippen molar-refractivity contribution < 1.29 is 14.3 Å². The van der Waals surface area contributed by atoms with Crippen LogP contribution in [0.2, 0.25) is 19.6 Å². The summed E-state index contributed by atoms with van der Waals surface area (Å²) in [4.78, 5) is 11.1. The van der Waals surface area contributed by atoms with Crippen LogP contribution >= 0.6 is 0 Å². The van der Waals surface area contributed by atoms with E-state index in [1.165, 1.54) is 38.5 Å². The highest BCUT2D eigenvalue weighted by Crippen LogP contribution is 2.59. The average molecular weight is 355 g/mol. The molecule has 4 heteroatoms. The summed E-state index contributed by atoms with van der Waals surface area (Å²) in [6, 6.07) is 0. The fourth-order valence-corrected chi connectivity index (χ4v) is 6.95. The average Bonchev–Trinajstić information content (AvgIpc) is 2.80. The van der Waals surface area contributed by atoms with Gasteiger partial charge in [0.2, 0.25) is 0 Å². The number of rotatable bonds is 8. The lowest BCUT2D eigenvalue weighted by Gasteiger charge is -2.48. The lowest BCUT2D eigenvalue weighted by molar-refractivity contribution is -0.137. The van der Waals surface area contributed by atoms with Gasteiger partial charge in [-0.3, -0.25) is 4.79 Å². The van der Waals surface area contributed by atoms with Gasteiger partial charge in [0.25, 0.3) is 0 Å². The van der Waals surface area contributed by atoms with Gasteiger partial charge in [-0.2, -0.15) is 0 Å². The van der Waals surface area contributed by atoms with Gasteiger partial charge in [0.1, 0.15) is 0 Å². The lowest BCUT2D eigenvalue weighted by atomic mass is 9.60. The Morgan fingerprint density at radius 2 is 1.96 bits per heavy atom. The third-order valence-corrected chi connectivity index (χ3v) is 7.61. The topological polar surface area (TPSA) is 46.5 Å². The molecule has 2 aliphatic carbocycles. The van der Waals surface area contributed by atoms with E-state index < -0.39 is 14.3 Å². The van der Waals surface area contributed by atoms with E-state index in [1.54, 1.807) is 0 Å². The van der Waals surface area contributed by atoms with Crippen LogP contribution in [0, 0.1) is 23.2 Å². The number of carboxylic acids is 1. The third-order valence-electron chi connectivity index (χ3n) is 6.60. The smallest absolute Gasteiger partial charge is 0.303 e. The van der Waals surface area contributed by atoms with E-state index in [4.69, 9.17) is 9.53 Å². The molecule has 2 aliphatic rings. The minimum Gasteiger partial charge on any atom is -0.481 e. The normalized spacial score (nSPS) is 34.8. The van der Waals surface area contributed by atoms with Crippen molar-refractivity contribution in [1.29, 1.82) is 0 Å². The van der Waals surface area contributed by atoms with Gasteiger partial charge in [0, 0.05) is 12.5 Å². The summed E-state index contributed by atoms with van der Waals surface area (Å²) in [5.74, 6) is 1.31. The molecule has 2 saturated carbocycles. The van der Waals surface area contributed by atoms with Crippen LogP contribution in [-0.2, 0) is 9.22 Å². The van der Waals surface area contributed by atoms with Crippen LogP contribution in [0.5, 0.6) is 0 Å². The summed E-state index contributed by atoms with van der Waals surface area (Å²) in [5.41, 5.74) is 0.362. The minimum atomic E-state index is -1.51. The molecule has 0 radical (unpaired) electrons. The number of hydrogen-bond acceptors (Lipinski definition) is 2. The minimum absolute atomic E-state index is 0.330. The zero-order chi connectivity index (χ0) is 18.0. The Morgan fingerprint density at radius 1 is 1.25 bits per heavy atom. The van der Waals surface area contributed by atoms with E-state index >= 15 is 0 Å². The fraction of sp³-hybridized carbons (Fsp3) is 0.950. The summed E-state index contributed by atoms with van der Waals surface area (Å²) in [6.07, 6.45) is 10.3. The second-order valence-electron chi connectivity index (χ2n) is 9.44. The zero-order valence-corrected chi connectivity index (χ0v) is 17.4. The van der Waals surface area contributed by atoms with Gasteiger partial charge in [0.15, 0.2) is 8.32 Å². The van der Waals surface area contributed by atoms with Crippen LogP contribution in [0.15, 0.2) is 0 Å². The largest absolute Gasteiger partial charge is 0.481 e. The fourth-order valence-electron chi connectivity index (χ4n) is 5.76. The first-order valence-corrected chi connectivity index (χ1v) is 13.5. The Balaban J connectivity index is 2.13. The molecule has 2 unspecified atom stereocenters. The summed E-state index contributed by atoms with van der Waals surface area (Å²) < 4.78 is 6.59. The van der Waals surface area contributed by atoms with Crippen molar-refractivity contribution in [2.45, 2.75) is 97.4 Å². The van der Waals surface area contributed by atoms with Gasteiger partial charge in [-0.05, 0) is 74.9 Å². The van der Waals surface area contributed by atoms with E-state index in [0.717, 1.165) is 12.8 Å². The lowest BCUT2D eigenvalue weighted by Crippen LogP contribution is -2.46. The number of fused-ring (bicyclic) bond motifs is 1. The molecule has 0 saturated heterocycles. The Kier molecular flexibility index (Phi) is 6.57. The van der Waals surface area contributed by atoms with Crippen molar-refractivity contribution in [3.63, 3.8) is 0 Å².